The van der Waals surface area contributed by atoms with Gasteiger partial charge in [0.05, 0.1) is 13.3 Å². The summed E-state index contributed by atoms with van der Waals surface area (Å²) in [5.41, 5.74) is 4.44. The molecule has 34 heavy (non-hydrogen) atoms. The molecule has 0 aliphatic rings. The number of fused-ring (bicyclic) bond motifs is 1. The van der Waals surface area contributed by atoms with Gasteiger partial charge in [0.2, 0.25) is 0 Å². The molecule has 8 nitrogen and oxygen atoms in total. The zero-order chi connectivity index (χ0) is 23.8. The Morgan fingerprint density at radius 1 is 1.03 bits per heavy atom. The summed E-state index contributed by atoms with van der Waals surface area (Å²) in [4.78, 5) is 12.5. The van der Waals surface area contributed by atoms with Crippen molar-refractivity contribution in [1.82, 2.24) is 5.43 Å². The molecule has 3 aromatic carbocycles. The number of nitrogens with one attached hydrogen (secondary N) is 1. The lowest BCUT2D eigenvalue weighted by Gasteiger charge is -2.12. The fourth-order valence-electron chi connectivity index (χ4n) is 3.27. The van der Waals surface area contributed by atoms with E-state index in [-0.39, 0.29) is 19.0 Å². The Labute approximate surface area is 196 Å². The average molecular weight is 455 g/mol. The molecule has 0 bridgehead atoms. The van der Waals surface area contributed by atoms with Crippen LogP contribution in [0.3, 0.4) is 0 Å². The summed E-state index contributed by atoms with van der Waals surface area (Å²) in [7, 11) is 1.54. The average Bonchev–Trinajstić information content (AvgIpc) is 3.32. The van der Waals surface area contributed by atoms with Crippen LogP contribution in [0.5, 0.6) is 17.2 Å². The van der Waals surface area contributed by atoms with Crippen LogP contribution in [0, 0.1) is 11.3 Å². The predicted octanol–water partition coefficient (Wildman–Crippen LogP) is 4.69. The van der Waals surface area contributed by atoms with Crippen molar-refractivity contribution in [2.75, 3.05) is 13.7 Å². The van der Waals surface area contributed by atoms with Gasteiger partial charge in [0.25, 0.3) is 0 Å². The Hall–Kier alpha value is -4.77. The molecule has 0 radical (unpaired) electrons. The highest BCUT2D eigenvalue weighted by Crippen LogP contribution is 2.28. The molecule has 0 atom stereocenters. The van der Waals surface area contributed by atoms with Crippen LogP contribution in [0.25, 0.3) is 11.0 Å². The van der Waals surface area contributed by atoms with Crippen LogP contribution in [0.2, 0.25) is 0 Å². The number of hydrogen-bond acceptors (Lipinski definition) is 7. The first-order valence-electron chi connectivity index (χ1n) is 10.4. The smallest absolute Gasteiger partial charge is 0.307 e. The quantitative estimate of drug-likeness (QED) is 0.290. The monoisotopic (exact) mass is 455 g/mol. The molecule has 1 amide bonds. The van der Waals surface area contributed by atoms with Gasteiger partial charge in [-0.15, -0.1) is 0 Å². The van der Waals surface area contributed by atoms with Crippen LogP contribution in [0.1, 0.15) is 21.7 Å². The van der Waals surface area contributed by atoms with Gasteiger partial charge in [-0.1, -0.05) is 42.5 Å². The van der Waals surface area contributed by atoms with Crippen LogP contribution in [0.15, 0.2) is 82.3 Å². The van der Waals surface area contributed by atoms with E-state index in [1.54, 1.807) is 31.4 Å². The molecule has 4 rings (SSSR count). The Morgan fingerprint density at radius 3 is 2.62 bits per heavy atom. The number of benzene rings is 3. The lowest BCUT2D eigenvalue weighted by molar-refractivity contribution is 0.0929. The van der Waals surface area contributed by atoms with Gasteiger partial charge in [0.15, 0.2) is 23.7 Å². The van der Waals surface area contributed by atoms with Gasteiger partial charge in [-0.3, -0.25) is 4.79 Å². The topological polar surface area (TPSA) is 106 Å². The molecule has 8 heteroatoms. The molecular weight excluding hydrogens is 434 g/mol. The molecule has 0 saturated carbocycles. The molecular formula is C26H21N3O5. The molecule has 0 aliphatic carbocycles. The summed E-state index contributed by atoms with van der Waals surface area (Å²) in [6.45, 7) is 0.192. The van der Waals surface area contributed by atoms with Crippen LogP contribution >= 0.6 is 0 Å². The first-order chi connectivity index (χ1) is 16.7. The van der Waals surface area contributed by atoms with Crippen LogP contribution in [0.4, 0.5) is 0 Å². The number of furan rings is 1. The summed E-state index contributed by atoms with van der Waals surface area (Å²) < 4.78 is 22.3. The van der Waals surface area contributed by atoms with Crippen molar-refractivity contribution >= 4 is 23.1 Å². The van der Waals surface area contributed by atoms with Gasteiger partial charge in [0.1, 0.15) is 24.2 Å². The van der Waals surface area contributed by atoms with E-state index < -0.39 is 5.91 Å². The second kappa shape index (κ2) is 10.7. The van der Waals surface area contributed by atoms with Gasteiger partial charge in [0, 0.05) is 16.5 Å². The van der Waals surface area contributed by atoms with Gasteiger partial charge in [-0.05, 0) is 30.3 Å². The normalized spacial score (nSPS) is 10.7. The molecule has 1 aromatic heterocycles. The highest BCUT2D eigenvalue weighted by atomic mass is 16.5. The van der Waals surface area contributed by atoms with E-state index in [0.29, 0.717) is 28.4 Å². The lowest BCUT2D eigenvalue weighted by atomic mass is 10.2. The maximum absolute atomic E-state index is 12.5. The fraction of sp³-hybridized carbons (Fsp3) is 0.115. The molecule has 0 saturated heterocycles. The van der Waals surface area contributed by atoms with E-state index in [1.807, 2.05) is 54.6 Å². The zero-order valence-corrected chi connectivity index (χ0v) is 18.4. The third kappa shape index (κ3) is 5.16. The Balaban J connectivity index is 1.43. The minimum absolute atomic E-state index is 0.0437. The van der Waals surface area contributed by atoms with Crippen molar-refractivity contribution in [3.63, 3.8) is 0 Å². The van der Waals surface area contributed by atoms with Gasteiger partial charge in [-0.25, -0.2) is 5.43 Å². The van der Waals surface area contributed by atoms with E-state index in [9.17, 15) is 4.79 Å². The molecule has 0 fully saturated rings. The van der Waals surface area contributed by atoms with Crippen molar-refractivity contribution in [2.24, 2.45) is 5.10 Å². The number of hydrogen-bond donors (Lipinski definition) is 1. The highest BCUT2D eigenvalue weighted by Gasteiger charge is 2.14. The number of ether oxygens (including phenoxy) is 3. The van der Waals surface area contributed by atoms with Gasteiger partial charge < -0.3 is 18.6 Å². The van der Waals surface area contributed by atoms with E-state index in [4.69, 9.17) is 23.9 Å². The van der Waals surface area contributed by atoms with Gasteiger partial charge >= 0.3 is 5.91 Å². The predicted molar refractivity (Wildman–Crippen MR) is 126 cm³/mol. The number of amides is 1. The summed E-state index contributed by atoms with van der Waals surface area (Å²) in [6.07, 6.45) is 1.49. The second-order valence-corrected chi connectivity index (χ2v) is 7.07. The largest absolute Gasteiger partial charge is 0.493 e. The van der Waals surface area contributed by atoms with E-state index >= 15 is 0 Å². The summed E-state index contributed by atoms with van der Waals surface area (Å²) in [5, 5.41) is 13.6. The van der Waals surface area contributed by atoms with E-state index in [1.165, 1.54) is 6.21 Å². The molecule has 170 valence electrons. The molecule has 0 spiro atoms. The Morgan fingerprint density at radius 2 is 1.79 bits per heavy atom. The maximum atomic E-state index is 12.5. The number of nitrogens with zero attached hydrogens (tertiary/aromatic N) is 2. The first-order valence-corrected chi connectivity index (χ1v) is 10.4. The number of carbonyl (C=O) groups excluding carboxylic acids is 1. The Kier molecular flexibility index (Phi) is 7.06. The number of rotatable bonds is 9. The van der Waals surface area contributed by atoms with Crippen molar-refractivity contribution in [3.8, 4) is 23.3 Å². The standard InChI is InChI=1S/C26H21N3O5/c1-31-23-12-6-9-18-15-24(34-25(18)23)26(30)29-28-16-19-7-2-4-10-21(19)33-17-20-8-3-5-11-22(20)32-14-13-27/h2-12,15-16H,14,17H2,1H3,(H,29,30). The first kappa shape index (κ1) is 22.4. The molecule has 1 N–H and O–H groups in total. The lowest BCUT2D eigenvalue weighted by Crippen LogP contribution is -2.16. The zero-order valence-electron chi connectivity index (χ0n) is 18.4. The number of carbonyl (C=O) groups is 1. The van der Waals surface area contributed by atoms with Crippen LogP contribution < -0.4 is 19.6 Å². The highest BCUT2D eigenvalue weighted by molar-refractivity contribution is 5.97. The number of methoxy groups -OCH3 is 1. The summed E-state index contributed by atoms with van der Waals surface area (Å²) >= 11 is 0. The molecule has 0 aliphatic heterocycles. The third-order valence-corrected chi connectivity index (χ3v) is 4.89. The van der Waals surface area contributed by atoms with E-state index in [2.05, 4.69) is 10.5 Å². The number of nitriles is 1. The van der Waals surface area contributed by atoms with Crippen molar-refractivity contribution in [2.45, 2.75) is 6.61 Å². The van der Waals surface area contributed by atoms with Crippen LogP contribution in [-0.4, -0.2) is 25.8 Å². The second-order valence-electron chi connectivity index (χ2n) is 7.07. The van der Waals surface area contributed by atoms with Crippen molar-refractivity contribution in [3.05, 3.63) is 89.7 Å². The minimum Gasteiger partial charge on any atom is -0.493 e. The van der Waals surface area contributed by atoms with Crippen molar-refractivity contribution in [1.29, 1.82) is 5.26 Å². The third-order valence-electron chi connectivity index (χ3n) is 4.89. The number of para-hydroxylation sites is 3. The van der Waals surface area contributed by atoms with E-state index in [0.717, 1.165) is 10.9 Å². The van der Waals surface area contributed by atoms with Crippen molar-refractivity contribution < 1.29 is 23.4 Å². The number of hydrazone groups is 1. The summed E-state index contributed by atoms with van der Waals surface area (Å²) in [6, 6.07) is 23.6. The molecule has 0 unspecified atom stereocenters. The SMILES string of the molecule is COc1cccc2cc(C(=O)NN=Cc3ccccc3OCc3ccccc3OCC#N)oc12. The maximum Gasteiger partial charge on any atom is 0.307 e. The Bertz CT molecular complexity index is 1370. The minimum atomic E-state index is -0.489. The van der Waals surface area contributed by atoms with Crippen LogP contribution in [-0.2, 0) is 6.61 Å². The van der Waals surface area contributed by atoms with Gasteiger partial charge in [-0.2, -0.15) is 10.4 Å². The fourth-order valence-corrected chi connectivity index (χ4v) is 3.27. The summed E-state index contributed by atoms with van der Waals surface area (Å²) in [5.74, 6) is 1.34. The molecule has 4 aromatic rings. The molecule has 1 heterocycles.